The third-order valence-electron chi connectivity index (χ3n) is 15.3. The van der Waals surface area contributed by atoms with Crippen LogP contribution >= 0.6 is 0 Å². The van der Waals surface area contributed by atoms with E-state index >= 15 is 0 Å². The number of hydrogen-bond acceptors (Lipinski definition) is 13. The first-order chi connectivity index (χ1) is 37.7. The maximum Gasteiger partial charge on any atom is 0.410 e. The number of urea groups is 1. The van der Waals surface area contributed by atoms with Gasteiger partial charge < -0.3 is 67.2 Å². The number of nitrogens with zero attached hydrogens (tertiary/aromatic N) is 3. The Morgan fingerprint density at radius 2 is 1.41 bits per heavy atom. The summed E-state index contributed by atoms with van der Waals surface area (Å²) in [6, 6.07) is 9.37. The van der Waals surface area contributed by atoms with E-state index < -0.39 is 114 Å². The lowest BCUT2D eigenvalue weighted by Gasteiger charge is -2.41. The number of rotatable bonds is 31. The van der Waals surface area contributed by atoms with Gasteiger partial charge in [0.15, 0.2) is 0 Å². The predicted octanol–water partition coefficient (Wildman–Crippen LogP) is 4.43. The minimum Gasteiger partial charge on any atom is -0.445 e. The molecule has 80 heavy (non-hydrogen) atoms. The Morgan fingerprint density at radius 1 is 0.775 bits per heavy atom. The van der Waals surface area contributed by atoms with Gasteiger partial charge in [-0.2, -0.15) is 0 Å². The van der Waals surface area contributed by atoms with Gasteiger partial charge in [0.05, 0.1) is 54.8 Å². The number of aliphatic hydroxyl groups excluding tert-OH is 1. The highest BCUT2D eigenvalue weighted by Crippen LogP contribution is 2.30. The maximum absolute atomic E-state index is 14.7. The molecule has 3 rings (SSSR count). The van der Waals surface area contributed by atoms with E-state index in [0.29, 0.717) is 49.0 Å². The van der Waals surface area contributed by atoms with E-state index in [1.807, 2.05) is 45.9 Å². The summed E-state index contributed by atoms with van der Waals surface area (Å²) in [6.07, 6.45) is -0.736. The summed E-state index contributed by atoms with van der Waals surface area (Å²) in [6.45, 7) is 18.7. The number of likely N-dealkylation sites (N-methyl/N-ethyl adjacent to an activating group) is 2. The standard InChI is InChI=1S/C58H94N10O12/c1-15-36(8)49(44(78-13)31-45(69)68-30-20-24-43(68)51(79-14)37(9)52(71)62-38(10)50(70)40-21-17-16-18-22-40)66(11)56(75)47(34(4)5)65-55(74)48(35(6)7)67(12)58(77)80-32-39-25-27-41(28-26-39)63-53(72)42(23-19-29-61-57(60)76)64-54(73)46(59)33(2)3/h16-18,21-22,25-28,33-38,42-44,46-51,70H,15,19-20,23-24,29-32,59H2,1-14H3,(H,62,71)(H,63,72)(H,64,73)(H,65,74)(H3,60,61,76)/t36-,37+,38+,42+,43-,44+,46+,47+,48+,49-,50+,51+/m0/s1. The highest BCUT2D eigenvalue weighted by atomic mass is 16.6. The third-order valence-corrected chi connectivity index (χ3v) is 15.3. The van der Waals surface area contributed by atoms with Crippen LogP contribution in [0.5, 0.6) is 0 Å². The Hall–Kier alpha value is -6.36. The van der Waals surface area contributed by atoms with Crippen molar-refractivity contribution in [2.75, 3.05) is 46.7 Å². The van der Waals surface area contributed by atoms with Crippen molar-refractivity contribution in [3.8, 4) is 0 Å². The van der Waals surface area contributed by atoms with Crippen LogP contribution in [0.15, 0.2) is 54.6 Å². The Balaban J connectivity index is 1.70. The molecule has 22 heteroatoms. The van der Waals surface area contributed by atoms with Gasteiger partial charge in [-0.15, -0.1) is 0 Å². The quantitative estimate of drug-likeness (QED) is 0.0485. The summed E-state index contributed by atoms with van der Waals surface area (Å²) in [7, 11) is 6.12. The van der Waals surface area contributed by atoms with Crippen LogP contribution in [0.3, 0.4) is 0 Å². The molecule has 2 aromatic rings. The second-order valence-electron chi connectivity index (χ2n) is 22.3. The average Bonchev–Trinajstić information content (AvgIpc) is 3.91. The van der Waals surface area contributed by atoms with Crippen molar-refractivity contribution in [2.45, 2.75) is 175 Å². The van der Waals surface area contributed by atoms with E-state index in [9.17, 15) is 43.5 Å². The molecule has 22 nitrogen and oxygen atoms in total. The van der Waals surface area contributed by atoms with Crippen molar-refractivity contribution in [3.63, 3.8) is 0 Å². The van der Waals surface area contributed by atoms with Gasteiger partial charge in [0, 0.05) is 47.1 Å². The summed E-state index contributed by atoms with van der Waals surface area (Å²) in [5.74, 6) is -4.32. The smallest absolute Gasteiger partial charge is 0.410 e. The zero-order valence-electron chi connectivity index (χ0n) is 49.7. The lowest BCUT2D eigenvalue weighted by atomic mass is 9.89. The monoisotopic (exact) mass is 1120 g/mol. The molecule has 0 aromatic heterocycles. The molecule has 1 aliphatic heterocycles. The summed E-state index contributed by atoms with van der Waals surface area (Å²) >= 11 is 0. The third kappa shape index (κ3) is 19.4. The zero-order valence-corrected chi connectivity index (χ0v) is 49.7. The molecular formula is C58H94N10O12. The Morgan fingerprint density at radius 3 is 1.96 bits per heavy atom. The summed E-state index contributed by atoms with van der Waals surface area (Å²) in [5, 5.41) is 24.8. The molecular weight excluding hydrogens is 1030 g/mol. The van der Waals surface area contributed by atoms with E-state index in [2.05, 4.69) is 26.6 Å². The van der Waals surface area contributed by atoms with Gasteiger partial charge in [0.25, 0.3) is 0 Å². The number of carbonyl (C=O) groups excluding carboxylic acids is 8. The molecule has 9 amide bonds. The minimum atomic E-state index is -1.05. The normalized spacial score (nSPS) is 17.6. The molecule has 12 atom stereocenters. The molecule has 0 bridgehead atoms. The Bertz CT molecular complexity index is 2320. The van der Waals surface area contributed by atoms with Crippen LogP contribution in [0, 0.1) is 29.6 Å². The van der Waals surface area contributed by atoms with Gasteiger partial charge in [-0.25, -0.2) is 9.59 Å². The fourth-order valence-electron chi connectivity index (χ4n) is 10.2. The maximum atomic E-state index is 14.7. The average molecular weight is 1120 g/mol. The number of anilines is 1. The summed E-state index contributed by atoms with van der Waals surface area (Å²) in [4.78, 5) is 112. The highest BCUT2D eigenvalue weighted by Gasteiger charge is 2.44. The molecule has 448 valence electrons. The first-order valence-electron chi connectivity index (χ1n) is 28.0. The number of methoxy groups -OCH3 is 2. The number of ether oxygens (including phenoxy) is 3. The second-order valence-corrected chi connectivity index (χ2v) is 22.3. The van der Waals surface area contributed by atoms with E-state index in [1.165, 1.54) is 26.2 Å². The molecule has 1 aliphatic rings. The topological polar surface area (TPSA) is 306 Å². The van der Waals surface area contributed by atoms with E-state index in [1.54, 1.807) is 94.8 Å². The van der Waals surface area contributed by atoms with Gasteiger partial charge in [0.1, 0.15) is 24.7 Å². The minimum absolute atomic E-state index is 0.0747. The molecule has 0 aliphatic carbocycles. The van der Waals surface area contributed by atoms with Crippen molar-refractivity contribution >= 4 is 53.3 Å². The van der Waals surface area contributed by atoms with Crippen LogP contribution in [-0.4, -0.2) is 163 Å². The SMILES string of the molecule is CC[C@H](C)[C@@H]([C@@H](CC(=O)N1CCC[C@H]1[C@H](OC)[C@@H](C)C(=O)N[C@H](C)[C@@H](O)c1ccccc1)OC)N(C)C(=O)[C@H](NC(=O)[C@@H](C(C)C)N(C)C(=O)OCc1ccc(NC(=O)[C@@H](CCCNC(N)=O)NC(=O)[C@H](N)C(C)C)cc1)C(C)C. The fourth-order valence-corrected chi connectivity index (χ4v) is 10.2. The van der Waals surface area contributed by atoms with Crippen molar-refractivity contribution in [1.82, 2.24) is 36.0 Å². The first-order valence-corrected chi connectivity index (χ1v) is 28.0. The summed E-state index contributed by atoms with van der Waals surface area (Å²) in [5.41, 5.74) is 12.8. The Labute approximate surface area is 473 Å². The van der Waals surface area contributed by atoms with Crippen LogP contribution in [0.1, 0.15) is 125 Å². The molecule has 0 spiro atoms. The van der Waals surface area contributed by atoms with E-state index in [0.717, 1.165) is 0 Å². The van der Waals surface area contributed by atoms with Crippen LogP contribution in [0.4, 0.5) is 15.3 Å². The number of likely N-dealkylation sites (tertiary alicyclic amines) is 1. The molecule has 1 saturated heterocycles. The number of amides is 9. The van der Waals surface area contributed by atoms with Crippen molar-refractivity contribution < 1.29 is 57.7 Å². The highest BCUT2D eigenvalue weighted by molar-refractivity contribution is 5.98. The zero-order chi connectivity index (χ0) is 60.1. The molecule has 0 unspecified atom stereocenters. The molecule has 10 N–H and O–H groups in total. The van der Waals surface area contributed by atoms with Gasteiger partial charge >= 0.3 is 12.1 Å². The predicted molar refractivity (Wildman–Crippen MR) is 305 cm³/mol. The lowest BCUT2D eigenvalue weighted by molar-refractivity contribution is -0.148. The first kappa shape index (κ1) is 67.9. The molecule has 2 aromatic carbocycles. The number of carbonyl (C=O) groups is 8. The molecule has 1 fully saturated rings. The number of nitrogens with two attached hydrogens (primary N) is 2. The second kappa shape index (κ2) is 32.8. The number of aliphatic hydroxyl groups is 1. The molecule has 0 saturated carbocycles. The molecule has 1 heterocycles. The lowest BCUT2D eigenvalue weighted by Crippen LogP contribution is -2.60. The molecule has 0 radical (unpaired) electrons. The van der Waals surface area contributed by atoms with Gasteiger partial charge in [0.2, 0.25) is 35.4 Å². The van der Waals surface area contributed by atoms with Crippen molar-refractivity contribution in [3.05, 3.63) is 65.7 Å². The number of primary amides is 1. The van der Waals surface area contributed by atoms with Crippen molar-refractivity contribution in [1.29, 1.82) is 0 Å². The van der Waals surface area contributed by atoms with Gasteiger partial charge in [-0.05, 0) is 79.5 Å². The van der Waals surface area contributed by atoms with E-state index in [4.69, 9.17) is 25.7 Å². The number of nitrogens with one attached hydrogen (secondary N) is 5. The summed E-state index contributed by atoms with van der Waals surface area (Å²) < 4.78 is 17.7. The van der Waals surface area contributed by atoms with Crippen LogP contribution in [0.25, 0.3) is 0 Å². The number of benzene rings is 2. The Kier molecular flexibility index (Phi) is 27.8. The van der Waals surface area contributed by atoms with Crippen molar-refractivity contribution in [2.24, 2.45) is 41.1 Å². The van der Waals surface area contributed by atoms with Crippen LogP contribution < -0.4 is 38.1 Å². The largest absolute Gasteiger partial charge is 0.445 e. The van der Waals surface area contributed by atoms with Gasteiger partial charge in [-0.3, -0.25) is 33.7 Å². The van der Waals surface area contributed by atoms with Crippen LogP contribution in [-0.2, 0) is 49.6 Å². The van der Waals surface area contributed by atoms with E-state index in [-0.39, 0.29) is 49.6 Å². The van der Waals surface area contributed by atoms with Gasteiger partial charge in [-0.1, -0.05) is 111 Å². The fraction of sp³-hybridized carbons (Fsp3) is 0.655. The van der Waals surface area contributed by atoms with Crippen LogP contribution in [0.2, 0.25) is 0 Å². The number of hydrogen-bond donors (Lipinski definition) is 8.